The van der Waals surface area contributed by atoms with Gasteiger partial charge < -0.3 is 4.84 Å². The van der Waals surface area contributed by atoms with Crippen LogP contribution in [0.5, 0.6) is 0 Å². The van der Waals surface area contributed by atoms with Crippen molar-refractivity contribution in [3.05, 3.63) is 36.4 Å². The predicted molar refractivity (Wildman–Crippen MR) is 37.9 cm³/mol. The molecule has 11 heavy (non-hydrogen) atoms. The third-order valence-corrected chi connectivity index (χ3v) is 1.29. The lowest BCUT2D eigenvalue weighted by Gasteiger charge is -1.83. The lowest BCUT2D eigenvalue weighted by Crippen LogP contribution is -1.88. The number of pyridine rings is 1. The van der Waals surface area contributed by atoms with Crippen LogP contribution in [0.3, 0.4) is 0 Å². The molecule has 1 aliphatic heterocycles. The highest BCUT2D eigenvalue weighted by Crippen LogP contribution is 2.10. The molecule has 0 spiro atoms. The zero-order valence-corrected chi connectivity index (χ0v) is 5.64. The van der Waals surface area contributed by atoms with E-state index >= 15 is 0 Å². The third-order valence-electron chi connectivity index (χ3n) is 1.29. The second kappa shape index (κ2) is 2.49. The fourth-order valence-corrected chi connectivity index (χ4v) is 0.790. The zero-order valence-electron chi connectivity index (χ0n) is 5.64. The fourth-order valence-electron chi connectivity index (χ4n) is 0.790. The summed E-state index contributed by atoms with van der Waals surface area (Å²) in [6.45, 7) is 0. The fraction of sp³-hybridized carbons (Fsp3) is 0. The van der Waals surface area contributed by atoms with E-state index in [9.17, 15) is 0 Å². The molecule has 0 amide bonds. The SMILES string of the molecule is C1=C(c2ccccn2)[N+]=NO1. The minimum absolute atomic E-state index is 0.658. The lowest BCUT2D eigenvalue weighted by atomic mass is 10.3. The zero-order chi connectivity index (χ0) is 7.52. The molecule has 53 valence electrons. The Balaban J connectivity index is 2.37. The summed E-state index contributed by atoms with van der Waals surface area (Å²) in [6, 6.07) is 5.58. The van der Waals surface area contributed by atoms with Gasteiger partial charge in [0.2, 0.25) is 6.26 Å². The van der Waals surface area contributed by atoms with Crippen molar-refractivity contribution >= 4 is 5.70 Å². The van der Waals surface area contributed by atoms with Crippen molar-refractivity contribution in [3.63, 3.8) is 0 Å². The maximum absolute atomic E-state index is 4.57. The van der Waals surface area contributed by atoms with Crippen molar-refractivity contribution in [1.82, 2.24) is 10.1 Å². The van der Waals surface area contributed by atoms with Gasteiger partial charge in [-0.25, -0.2) is 4.98 Å². The second-order valence-electron chi connectivity index (χ2n) is 2.01. The molecule has 1 radical (unpaired) electrons. The van der Waals surface area contributed by atoms with Crippen LogP contribution in [-0.2, 0) is 4.84 Å². The van der Waals surface area contributed by atoms with Crippen LogP contribution in [0.2, 0.25) is 0 Å². The summed E-state index contributed by atoms with van der Waals surface area (Å²) >= 11 is 0. The van der Waals surface area contributed by atoms with Gasteiger partial charge in [-0.1, -0.05) is 6.07 Å². The molecule has 4 heteroatoms. The maximum atomic E-state index is 4.57. The molecule has 0 aromatic carbocycles. The molecule has 0 aliphatic carbocycles. The van der Waals surface area contributed by atoms with Crippen LogP contribution in [0, 0.1) is 0 Å². The van der Waals surface area contributed by atoms with Crippen molar-refractivity contribution in [2.75, 3.05) is 0 Å². The van der Waals surface area contributed by atoms with E-state index in [0.717, 1.165) is 5.69 Å². The Morgan fingerprint density at radius 1 is 1.36 bits per heavy atom. The van der Waals surface area contributed by atoms with E-state index in [2.05, 4.69) is 20.2 Å². The van der Waals surface area contributed by atoms with Crippen molar-refractivity contribution in [1.29, 1.82) is 0 Å². The van der Waals surface area contributed by atoms with E-state index in [1.54, 1.807) is 6.20 Å². The largest absolute Gasteiger partial charge is 0.379 e. The Bertz CT molecular complexity index is 305. The molecular formula is C7H5N3O+. The standard InChI is InChI=1S/C7H5N3O/c1-2-4-8-6(3-1)7-5-11-10-9-7/h1-5H/q+1. The average molecular weight is 147 g/mol. The highest BCUT2D eigenvalue weighted by atomic mass is 16.6. The smallest absolute Gasteiger partial charge is 0.303 e. The molecule has 0 unspecified atom stereocenters. The van der Waals surface area contributed by atoms with Crippen LogP contribution in [0.1, 0.15) is 5.69 Å². The lowest BCUT2D eigenvalue weighted by molar-refractivity contribution is 0.254. The first kappa shape index (κ1) is 6.03. The molecule has 1 aliphatic rings. The quantitative estimate of drug-likeness (QED) is 0.597. The van der Waals surface area contributed by atoms with Crippen LogP contribution in [0.15, 0.2) is 35.9 Å². The van der Waals surface area contributed by atoms with Gasteiger partial charge in [0, 0.05) is 6.20 Å². The predicted octanol–water partition coefficient (Wildman–Crippen LogP) is 1.11. The van der Waals surface area contributed by atoms with Gasteiger partial charge in [0.1, 0.15) is 5.69 Å². The average Bonchev–Trinajstić information content (AvgIpc) is 2.58. The second-order valence-corrected chi connectivity index (χ2v) is 2.01. The third kappa shape index (κ3) is 1.10. The van der Waals surface area contributed by atoms with Gasteiger partial charge in [-0.05, 0) is 12.1 Å². The highest BCUT2D eigenvalue weighted by Gasteiger charge is 2.20. The van der Waals surface area contributed by atoms with E-state index in [-0.39, 0.29) is 0 Å². The molecule has 1 aromatic heterocycles. The van der Waals surface area contributed by atoms with E-state index in [1.807, 2.05) is 18.2 Å². The Morgan fingerprint density at radius 2 is 2.36 bits per heavy atom. The number of aromatic nitrogens is 1. The summed E-state index contributed by atoms with van der Waals surface area (Å²) in [7, 11) is 0. The summed E-state index contributed by atoms with van der Waals surface area (Å²) in [5.41, 5.74) is 1.43. The van der Waals surface area contributed by atoms with E-state index < -0.39 is 0 Å². The van der Waals surface area contributed by atoms with E-state index in [1.165, 1.54) is 6.26 Å². The first-order chi connectivity index (χ1) is 5.47. The number of nitrogens with zero attached hydrogens (tertiary/aromatic N) is 3. The Morgan fingerprint density at radius 3 is 3.00 bits per heavy atom. The van der Waals surface area contributed by atoms with Crippen molar-refractivity contribution in [2.24, 2.45) is 5.28 Å². The molecule has 2 heterocycles. The van der Waals surface area contributed by atoms with E-state index in [0.29, 0.717) is 5.70 Å². The molecule has 2 rings (SSSR count). The van der Waals surface area contributed by atoms with Crippen LogP contribution in [0.4, 0.5) is 0 Å². The molecule has 0 saturated carbocycles. The minimum atomic E-state index is 0.658. The van der Waals surface area contributed by atoms with Crippen LogP contribution in [-0.4, -0.2) is 4.98 Å². The molecular weight excluding hydrogens is 142 g/mol. The normalized spacial score (nSPS) is 14.4. The van der Waals surface area contributed by atoms with Gasteiger partial charge in [-0.3, -0.25) is 0 Å². The topological polar surface area (TPSA) is 48.6 Å². The monoisotopic (exact) mass is 147 g/mol. The first-order valence-corrected chi connectivity index (χ1v) is 3.15. The number of hydrogen-bond donors (Lipinski definition) is 0. The van der Waals surface area contributed by atoms with E-state index in [4.69, 9.17) is 0 Å². The van der Waals surface area contributed by atoms with Gasteiger partial charge in [0.15, 0.2) is 0 Å². The summed E-state index contributed by atoms with van der Waals surface area (Å²) in [4.78, 5) is 8.63. The van der Waals surface area contributed by atoms with Crippen molar-refractivity contribution in [2.45, 2.75) is 0 Å². The highest BCUT2D eigenvalue weighted by molar-refractivity contribution is 5.58. The summed E-state index contributed by atoms with van der Waals surface area (Å²) in [6.07, 6.45) is 3.16. The molecule has 4 nitrogen and oxygen atoms in total. The van der Waals surface area contributed by atoms with Crippen molar-refractivity contribution in [3.8, 4) is 0 Å². The van der Waals surface area contributed by atoms with Gasteiger partial charge >= 0.3 is 5.70 Å². The van der Waals surface area contributed by atoms with Crippen LogP contribution < -0.4 is 5.11 Å². The molecule has 0 N–H and O–H groups in total. The molecule has 0 atom stereocenters. The summed E-state index contributed by atoms with van der Waals surface area (Å²) in [5.74, 6) is 0. The summed E-state index contributed by atoms with van der Waals surface area (Å²) in [5, 5.41) is 7.04. The molecule has 1 aromatic rings. The maximum Gasteiger partial charge on any atom is 0.379 e. The Kier molecular flexibility index (Phi) is 1.37. The van der Waals surface area contributed by atoms with Crippen molar-refractivity contribution < 1.29 is 4.84 Å². The number of hydrogen-bond acceptors (Lipinski definition) is 4. The molecule has 0 fully saturated rings. The Labute approximate surface area is 63.2 Å². The van der Waals surface area contributed by atoms with Gasteiger partial charge in [-0.2, -0.15) is 0 Å². The Hall–Kier alpha value is -1.71. The number of rotatable bonds is 1. The van der Waals surface area contributed by atoms with Crippen LogP contribution in [0.25, 0.3) is 5.70 Å². The van der Waals surface area contributed by atoms with Crippen LogP contribution >= 0.6 is 0 Å². The molecule has 0 bridgehead atoms. The summed E-state index contributed by atoms with van der Waals surface area (Å²) < 4.78 is 0. The van der Waals surface area contributed by atoms with Gasteiger partial charge in [0.25, 0.3) is 10.4 Å². The first-order valence-electron chi connectivity index (χ1n) is 3.15. The van der Waals surface area contributed by atoms with Gasteiger partial charge in [0.05, 0.1) is 0 Å². The molecule has 0 saturated heterocycles. The minimum Gasteiger partial charge on any atom is -0.303 e. The van der Waals surface area contributed by atoms with Gasteiger partial charge in [-0.15, -0.1) is 0 Å².